The standard InChI is InChI=1S/C14H22N2O2/c1-10-7-12(5-6-13(10)18-4)9-16(3)14(17)11(2)8-15/h5-7,11H,8-9,15H2,1-4H3. The Labute approximate surface area is 109 Å². The highest BCUT2D eigenvalue weighted by atomic mass is 16.5. The first-order chi connectivity index (χ1) is 8.49. The van der Waals surface area contributed by atoms with Crippen LogP contribution >= 0.6 is 0 Å². The van der Waals surface area contributed by atoms with Gasteiger partial charge < -0.3 is 15.4 Å². The molecule has 0 saturated heterocycles. The number of aryl methyl sites for hydroxylation is 1. The molecule has 100 valence electrons. The topological polar surface area (TPSA) is 55.6 Å². The van der Waals surface area contributed by atoms with Crippen LogP contribution in [0.15, 0.2) is 18.2 Å². The van der Waals surface area contributed by atoms with Gasteiger partial charge in [-0.25, -0.2) is 0 Å². The summed E-state index contributed by atoms with van der Waals surface area (Å²) in [4.78, 5) is 13.6. The normalized spacial score (nSPS) is 12.1. The average molecular weight is 250 g/mol. The van der Waals surface area contributed by atoms with Gasteiger partial charge in [0.1, 0.15) is 5.75 Å². The van der Waals surface area contributed by atoms with Gasteiger partial charge in [-0.05, 0) is 24.1 Å². The molecule has 0 saturated carbocycles. The van der Waals surface area contributed by atoms with E-state index in [1.807, 2.05) is 32.0 Å². The van der Waals surface area contributed by atoms with Crippen LogP contribution in [0.25, 0.3) is 0 Å². The number of nitrogens with zero attached hydrogens (tertiary/aromatic N) is 1. The molecule has 4 heteroatoms. The molecule has 1 rings (SSSR count). The van der Waals surface area contributed by atoms with Crippen LogP contribution in [0, 0.1) is 12.8 Å². The molecule has 1 atom stereocenters. The maximum Gasteiger partial charge on any atom is 0.226 e. The van der Waals surface area contributed by atoms with E-state index < -0.39 is 0 Å². The molecule has 0 spiro atoms. The summed E-state index contributed by atoms with van der Waals surface area (Å²) >= 11 is 0. The number of benzene rings is 1. The fourth-order valence-electron chi connectivity index (χ4n) is 1.87. The summed E-state index contributed by atoms with van der Waals surface area (Å²) in [6.07, 6.45) is 0. The minimum absolute atomic E-state index is 0.0750. The van der Waals surface area contributed by atoms with Crippen LogP contribution < -0.4 is 10.5 Å². The van der Waals surface area contributed by atoms with Crippen molar-refractivity contribution >= 4 is 5.91 Å². The molecule has 0 aromatic heterocycles. The maximum atomic E-state index is 11.9. The van der Waals surface area contributed by atoms with Gasteiger partial charge in [0.05, 0.1) is 7.11 Å². The van der Waals surface area contributed by atoms with Gasteiger partial charge in [-0.15, -0.1) is 0 Å². The summed E-state index contributed by atoms with van der Waals surface area (Å²) in [7, 11) is 3.45. The maximum absolute atomic E-state index is 11.9. The Kier molecular flexibility index (Phi) is 5.16. The van der Waals surface area contributed by atoms with E-state index in [9.17, 15) is 4.79 Å². The van der Waals surface area contributed by atoms with Crippen molar-refractivity contribution in [3.05, 3.63) is 29.3 Å². The van der Waals surface area contributed by atoms with Gasteiger partial charge in [0, 0.05) is 26.1 Å². The van der Waals surface area contributed by atoms with E-state index in [0.29, 0.717) is 13.1 Å². The Hall–Kier alpha value is -1.55. The summed E-state index contributed by atoms with van der Waals surface area (Å²) in [5, 5.41) is 0. The van der Waals surface area contributed by atoms with Crippen molar-refractivity contribution in [2.24, 2.45) is 11.7 Å². The molecule has 0 radical (unpaired) electrons. The zero-order valence-corrected chi connectivity index (χ0v) is 11.6. The number of ether oxygens (including phenoxy) is 1. The highest BCUT2D eigenvalue weighted by molar-refractivity contribution is 5.78. The van der Waals surface area contributed by atoms with Gasteiger partial charge in [-0.2, -0.15) is 0 Å². The van der Waals surface area contributed by atoms with Crippen LogP contribution in [0.4, 0.5) is 0 Å². The number of carbonyl (C=O) groups is 1. The van der Waals surface area contributed by atoms with Crippen molar-refractivity contribution in [1.82, 2.24) is 4.90 Å². The molecule has 0 heterocycles. The molecule has 0 fully saturated rings. The van der Waals surface area contributed by atoms with Crippen LogP contribution in [0.1, 0.15) is 18.1 Å². The van der Waals surface area contributed by atoms with Crippen molar-refractivity contribution in [2.45, 2.75) is 20.4 Å². The molecule has 0 bridgehead atoms. The smallest absolute Gasteiger partial charge is 0.226 e. The lowest BCUT2D eigenvalue weighted by Crippen LogP contribution is -2.34. The molecule has 2 N–H and O–H groups in total. The lowest BCUT2D eigenvalue weighted by Gasteiger charge is -2.21. The van der Waals surface area contributed by atoms with Gasteiger partial charge >= 0.3 is 0 Å². The van der Waals surface area contributed by atoms with Crippen LogP contribution in [0.5, 0.6) is 5.75 Å². The van der Waals surface area contributed by atoms with E-state index in [4.69, 9.17) is 10.5 Å². The van der Waals surface area contributed by atoms with Gasteiger partial charge in [0.25, 0.3) is 0 Å². The lowest BCUT2D eigenvalue weighted by molar-refractivity contribution is -0.133. The molecule has 18 heavy (non-hydrogen) atoms. The Morgan fingerprint density at radius 3 is 2.67 bits per heavy atom. The summed E-state index contributed by atoms with van der Waals surface area (Å²) < 4.78 is 5.21. The highest BCUT2D eigenvalue weighted by Crippen LogP contribution is 2.19. The molecule has 0 aliphatic heterocycles. The summed E-state index contributed by atoms with van der Waals surface area (Å²) in [5.74, 6) is 0.809. The van der Waals surface area contributed by atoms with Gasteiger partial charge in [0.2, 0.25) is 5.91 Å². The predicted molar refractivity (Wildman–Crippen MR) is 72.4 cm³/mol. The van der Waals surface area contributed by atoms with E-state index in [0.717, 1.165) is 16.9 Å². The summed E-state index contributed by atoms with van der Waals surface area (Å²) in [6.45, 7) is 4.81. The Morgan fingerprint density at radius 1 is 1.50 bits per heavy atom. The molecule has 1 amide bonds. The third-order valence-electron chi connectivity index (χ3n) is 3.03. The molecule has 1 unspecified atom stereocenters. The van der Waals surface area contributed by atoms with Crippen molar-refractivity contribution in [3.8, 4) is 5.75 Å². The number of rotatable bonds is 5. The van der Waals surface area contributed by atoms with Crippen LogP contribution in [-0.2, 0) is 11.3 Å². The average Bonchev–Trinajstić information content (AvgIpc) is 2.37. The van der Waals surface area contributed by atoms with Gasteiger partial charge in [-0.3, -0.25) is 4.79 Å². The number of amides is 1. The Bertz CT molecular complexity index is 418. The van der Waals surface area contributed by atoms with E-state index in [2.05, 4.69) is 0 Å². The first-order valence-corrected chi connectivity index (χ1v) is 6.08. The lowest BCUT2D eigenvalue weighted by atomic mass is 10.1. The van der Waals surface area contributed by atoms with E-state index >= 15 is 0 Å². The quantitative estimate of drug-likeness (QED) is 0.862. The van der Waals surface area contributed by atoms with Gasteiger partial charge in [0.15, 0.2) is 0 Å². The first-order valence-electron chi connectivity index (χ1n) is 6.08. The highest BCUT2D eigenvalue weighted by Gasteiger charge is 2.16. The third-order valence-corrected chi connectivity index (χ3v) is 3.03. The second kappa shape index (κ2) is 6.40. The fraction of sp³-hybridized carbons (Fsp3) is 0.500. The zero-order valence-electron chi connectivity index (χ0n) is 11.6. The largest absolute Gasteiger partial charge is 0.496 e. The second-order valence-electron chi connectivity index (χ2n) is 4.64. The molecule has 1 aromatic carbocycles. The number of nitrogens with two attached hydrogens (primary N) is 1. The van der Waals surface area contributed by atoms with Crippen LogP contribution in [-0.4, -0.2) is 31.5 Å². The number of methoxy groups -OCH3 is 1. The van der Waals surface area contributed by atoms with Crippen molar-refractivity contribution in [3.63, 3.8) is 0 Å². The molecule has 0 aliphatic carbocycles. The molecule has 0 aliphatic rings. The van der Waals surface area contributed by atoms with Crippen molar-refractivity contribution < 1.29 is 9.53 Å². The van der Waals surface area contributed by atoms with E-state index in [1.165, 1.54) is 0 Å². The molecular weight excluding hydrogens is 228 g/mol. The monoisotopic (exact) mass is 250 g/mol. The minimum atomic E-state index is -0.130. The van der Waals surface area contributed by atoms with Crippen LogP contribution in [0.3, 0.4) is 0 Å². The first kappa shape index (κ1) is 14.5. The predicted octanol–water partition coefficient (Wildman–Crippen LogP) is 1.56. The number of hydrogen-bond acceptors (Lipinski definition) is 3. The second-order valence-corrected chi connectivity index (χ2v) is 4.64. The summed E-state index contributed by atoms with van der Waals surface area (Å²) in [5.41, 5.74) is 7.67. The molecule has 4 nitrogen and oxygen atoms in total. The van der Waals surface area contributed by atoms with Crippen molar-refractivity contribution in [2.75, 3.05) is 20.7 Å². The van der Waals surface area contributed by atoms with Crippen molar-refractivity contribution in [1.29, 1.82) is 0 Å². The number of hydrogen-bond donors (Lipinski definition) is 1. The van der Waals surface area contributed by atoms with Gasteiger partial charge in [-0.1, -0.05) is 19.1 Å². The molecule has 1 aromatic rings. The fourth-order valence-corrected chi connectivity index (χ4v) is 1.87. The Morgan fingerprint density at radius 2 is 2.17 bits per heavy atom. The molecular formula is C14H22N2O2. The zero-order chi connectivity index (χ0) is 13.7. The number of carbonyl (C=O) groups excluding carboxylic acids is 1. The minimum Gasteiger partial charge on any atom is -0.496 e. The van der Waals surface area contributed by atoms with E-state index in [1.54, 1.807) is 19.1 Å². The SMILES string of the molecule is COc1ccc(CN(C)C(=O)C(C)CN)cc1C. The van der Waals surface area contributed by atoms with Crippen LogP contribution in [0.2, 0.25) is 0 Å². The Balaban J connectivity index is 2.73. The van der Waals surface area contributed by atoms with E-state index in [-0.39, 0.29) is 11.8 Å². The third kappa shape index (κ3) is 3.47. The summed E-state index contributed by atoms with van der Waals surface area (Å²) in [6, 6.07) is 5.94.